The molecule has 0 spiro atoms. The fourth-order valence-electron chi connectivity index (χ4n) is 3.33. The van der Waals surface area contributed by atoms with Crippen molar-refractivity contribution in [3.05, 3.63) is 48.0 Å². The van der Waals surface area contributed by atoms with Crippen molar-refractivity contribution >= 4 is 21.6 Å². The van der Waals surface area contributed by atoms with Crippen molar-refractivity contribution in [3.8, 4) is 11.5 Å². The van der Waals surface area contributed by atoms with Gasteiger partial charge in [0.1, 0.15) is 28.0 Å². The molecule has 3 rings (SSSR count). The van der Waals surface area contributed by atoms with Gasteiger partial charge in [0.2, 0.25) is 15.9 Å². The Hall–Kier alpha value is -2.72. The number of amides is 1. The summed E-state index contributed by atoms with van der Waals surface area (Å²) in [6, 6.07) is 7.28. The standard InChI is InChI=1S/C20H22F2N2O5S/c1-28-15-6-8-18(29-2)19(11-15)30(26,27)24-9-3-4-13(12-24)20(25)23-17-7-5-14(21)10-16(17)22/h5-8,10-11,13H,3-4,9,12H2,1-2H3,(H,23,25)/t13-/m0/s1. The van der Waals surface area contributed by atoms with E-state index in [-0.39, 0.29) is 29.4 Å². The summed E-state index contributed by atoms with van der Waals surface area (Å²) in [5.41, 5.74) is -0.157. The number of carbonyl (C=O) groups is 1. The summed E-state index contributed by atoms with van der Waals surface area (Å²) in [7, 11) is -1.18. The summed E-state index contributed by atoms with van der Waals surface area (Å²) in [5.74, 6) is -2.35. The van der Waals surface area contributed by atoms with Gasteiger partial charge in [-0.15, -0.1) is 0 Å². The van der Waals surface area contributed by atoms with Crippen LogP contribution in [-0.2, 0) is 14.8 Å². The quantitative estimate of drug-likeness (QED) is 0.747. The molecule has 1 heterocycles. The number of anilines is 1. The molecule has 1 atom stereocenters. The monoisotopic (exact) mass is 440 g/mol. The summed E-state index contributed by atoms with van der Waals surface area (Å²) in [6.07, 6.45) is 0.894. The van der Waals surface area contributed by atoms with Crippen LogP contribution in [0.25, 0.3) is 0 Å². The van der Waals surface area contributed by atoms with Gasteiger partial charge in [0, 0.05) is 25.2 Å². The van der Waals surface area contributed by atoms with Crippen LogP contribution < -0.4 is 14.8 Å². The SMILES string of the molecule is COc1ccc(OC)c(S(=O)(=O)N2CCC[C@H](C(=O)Nc3ccc(F)cc3F)C2)c1. The Balaban J connectivity index is 1.80. The smallest absolute Gasteiger partial charge is 0.246 e. The van der Waals surface area contributed by atoms with E-state index in [2.05, 4.69) is 5.32 Å². The van der Waals surface area contributed by atoms with Gasteiger partial charge in [-0.25, -0.2) is 17.2 Å². The van der Waals surface area contributed by atoms with Gasteiger partial charge in [-0.05, 0) is 37.1 Å². The summed E-state index contributed by atoms with van der Waals surface area (Å²) in [6.45, 7) is 0.161. The molecule has 0 radical (unpaired) electrons. The highest BCUT2D eigenvalue weighted by atomic mass is 32.2. The molecule has 0 unspecified atom stereocenters. The first-order valence-electron chi connectivity index (χ1n) is 9.24. The van der Waals surface area contributed by atoms with Gasteiger partial charge in [0.05, 0.1) is 25.8 Å². The lowest BCUT2D eigenvalue weighted by Gasteiger charge is -2.31. The molecule has 1 aliphatic heterocycles. The molecule has 10 heteroatoms. The Kier molecular flexibility index (Phi) is 6.57. The van der Waals surface area contributed by atoms with Crippen LogP contribution >= 0.6 is 0 Å². The van der Waals surface area contributed by atoms with E-state index in [1.54, 1.807) is 6.07 Å². The van der Waals surface area contributed by atoms with Gasteiger partial charge >= 0.3 is 0 Å². The number of hydrogen-bond acceptors (Lipinski definition) is 5. The van der Waals surface area contributed by atoms with E-state index >= 15 is 0 Å². The van der Waals surface area contributed by atoms with Crippen molar-refractivity contribution in [1.29, 1.82) is 0 Å². The summed E-state index contributed by atoms with van der Waals surface area (Å²) in [4.78, 5) is 12.5. The summed E-state index contributed by atoms with van der Waals surface area (Å²) in [5, 5.41) is 2.41. The van der Waals surface area contributed by atoms with E-state index < -0.39 is 33.5 Å². The topological polar surface area (TPSA) is 84.9 Å². The number of benzene rings is 2. The predicted molar refractivity (Wildman–Crippen MR) is 106 cm³/mol. The van der Waals surface area contributed by atoms with Gasteiger partial charge in [0.25, 0.3) is 0 Å². The van der Waals surface area contributed by atoms with Gasteiger partial charge in [-0.2, -0.15) is 4.31 Å². The van der Waals surface area contributed by atoms with E-state index in [0.29, 0.717) is 24.7 Å². The maximum absolute atomic E-state index is 13.8. The number of ether oxygens (including phenoxy) is 2. The van der Waals surface area contributed by atoms with E-state index in [0.717, 1.165) is 12.1 Å². The Morgan fingerprint density at radius 3 is 2.57 bits per heavy atom. The van der Waals surface area contributed by atoms with Crippen molar-refractivity contribution in [2.75, 3.05) is 32.6 Å². The van der Waals surface area contributed by atoms with E-state index in [1.165, 1.54) is 30.7 Å². The van der Waals surface area contributed by atoms with E-state index in [4.69, 9.17) is 9.47 Å². The highest BCUT2D eigenvalue weighted by Gasteiger charge is 2.35. The van der Waals surface area contributed by atoms with Crippen LogP contribution in [0.2, 0.25) is 0 Å². The molecule has 0 aliphatic carbocycles. The average Bonchev–Trinajstić information content (AvgIpc) is 2.75. The largest absolute Gasteiger partial charge is 0.497 e. The van der Waals surface area contributed by atoms with Crippen LogP contribution in [0, 0.1) is 17.6 Å². The second-order valence-corrected chi connectivity index (χ2v) is 8.74. The molecule has 1 N–H and O–H groups in total. The second kappa shape index (κ2) is 8.97. The molecule has 1 amide bonds. The van der Waals surface area contributed by atoms with E-state index in [1.807, 2.05) is 0 Å². The van der Waals surface area contributed by atoms with Crippen molar-refractivity contribution in [2.45, 2.75) is 17.7 Å². The number of methoxy groups -OCH3 is 2. The Morgan fingerprint density at radius 2 is 1.90 bits per heavy atom. The molecule has 0 bridgehead atoms. The highest BCUT2D eigenvalue weighted by Crippen LogP contribution is 2.33. The minimum absolute atomic E-state index is 0.0602. The lowest BCUT2D eigenvalue weighted by atomic mass is 9.98. The lowest BCUT2D eigenvalue weighted by molar-refractivity contribution is -0.120. The predicted octanol–water partition coefficient (Wildman–Crippen LogP) is 3.02. The fourth-order valence-corrected chi connectivity index (χ4v) is 5.02. The zero-order valence-electron chi connectivity index (χ0n) is 16.5. The third-order valence-corrected chi connectivity index (χ3v) is 6.82. The molecule has 1 fully saturated rings. The number of halogens is 2. The second-order valence-electron chi connectivity index (χ2n) is 6.83. The first-order chi connectivity index (χ1) is 14.3. The van der Waals surface area contributed by atoms with Crippen LogP contribution in [0.3, 0.4) is 0 Å². The van der Waals surface area contributed by atoms with Crippen LogP contribution in [0.5, 0.6) is 11.5 Å². The van der Waals surface area contributed by atoms with Crippen molar-refractivity contribution in [2.24, 2.45) is 5.92 Å². The summed E-state index contributed by atoms with van der Waals surface area (Å²) < 4.78 is 64.8. The molecule has 7 nitrogen and oxygen atoms in total. The maximum atomic E-state index is 13.8. The zero-order chi connectivity index (χ0) is 21.9. The third-order valence-electron chi connectivity index (χ3n) is 4.93. The number of hydrogen-bond donors (Lipinski definition) is 1. The highest BCUT2D eigenvalue weighted by molar-refractivity contribution is 7.89. The molecular formula is C20H22F2N2O5S. The van der Waals surface area contributed by atoms with Crippen molar-refractivity contribution in [1.82, 2.24) is 4.31 Å². The van der Waals surface area contributed by atoms with Crippen LogP contribution in [0.4, 0.5) is 14.5 Å². The Bertz CT molecular complexity index is 1050. The number of nitrogens with zero attached hydrogens (tertiary/aromatic N) is 1. The molecule has 2 aromatic carbocycles. The maximum Gasteiger partial charge on any atom is 0.246 e. The number of sulfonamides is 1. The Morgan fingerprint density at radius 1 is 1.13 bits per heavy atom. The first-order valence-corrected chi connectivity index (χ1v) is 10.7. The van der Waals surface area contributed by atoms with Crippen molar-refractivity contribution in [3.63, 3.8) is 0 Å². The molecule has 2 aromatic rings. The van der Waals surface area contributed by atoms with Gasteiger partial charge in [-0.3, -0.25) is 4.79 Å². The average molecular weight is 440 g/mol. The minimum atomic E-state index is -3.97. The number of piperidine rings is 1. The molecule has 30 heavy (non-hydrogen) atoms. The molecule has 1 aliphatic rings. The first kappa shape index (κ1) is 22.0. The van der Waals surface area contributed by atoms with Crippen LogP contribution in [0.15, 0.2) is 41.3 Å². The minimum Gasteiger partial charge on any atom is -0.497 e. The zero-order valence-corrected chi connectivity index (χ0v) is 17.3. The normalized spacial score (nSPS) is 17.4. The molecule has 162 valence electrons. The Labute approximate surface area is 173 Å². The fraction of sp³-hybridized carbons (Fsp3) is 0.350. The third kappa shape index (κ3) is 4.54. The molecular weight excluding hydrogens is 418 g/mol. The van der Waals surface area contributed by atoms with Crippen LogP contribution in [-0.4, -0.2) is 45.9 Å². The number of nitrogens with one attached hydrogen (secondary N) is 1. The van der Waals surface area contributed by atoms with E-state index in [9.17, 15) is 22.0 Å². The number of carbonyl (C=O) groups excluding carboxylic acids is 1. The lowest BCUT2D eigenvalue weighted by Crippen LogP contribution is -2.43. The van der Waals surface area contributed by atoms with Gasteiger partial charge in [0.15, 0.2) is 0 Å². The molecule has 1 saturated heterocycles. The van der Waals surface area contributed by atoms with Gasteiger partial charge in [-0.1, -0.05) is 0 Å². The van der Waals surface area contributed by atoms with Gasteiger partial charge < -0.3 is 14.8 Å². The summed E-state index contributed by atoms with van der Waals surface area (Å²) >= 11 is 0. The molecule has 0 aromatic heterocycles. The molecule has 0 saturated carbocycles. The number of rotatable bonds is 6. The van der Waals surface area contributed by atoms with Crippen molar-refractivity contribution < 1.29 is 31.5 Å². The van der Waals surface area contributed by atoms with Crippen LogP contribution in [0.1, 0.15) is 12.8 Å².